The lowest BCUT2D eigenvalue weighted by Crippen LogP contribution is -2.53. The number of alkyl halides is 3. The van der Waals surface area contributed by atoms with Gasteiger partial charge in [-0.25, -0.2) is 8.42 Å². The van der Waals surface area contributed by atoms with Crippen LogP contribution in [0.25, 0.3) is 0 Å². The normalized spacial score (nSPS) is 19.6. The van der Waals surface area contributed by atoms with Gasteiger partial charge in [0.2, 0.25) is 10.0 Å². The number of H-pyrrole nitrogens is 1. The zero-order valence-corrected chi connectivity index (χ0v) is 22.2. The van der Waals surface area contributed by atoms with E-state index in [-0.39, 0.29) is 23.3 Å². The van der Waals surface area contributed by atoms with E-state index < -0.39 is 33.7 Å². The summed E-state index contributed by atoms with van der Waals surface area (Å²) < 4.78 is 72.8. The number of carbonyl (C=O) groups is 1. The first-order chi connectivity index (χ1) is 17.1. The van der Waals surface area contributed by atoms with Crippen molar-refractivity contribution in [2.45, 2.75) is 70.6 Å². The minimum Gasteiger partial charge on any atom is -0.491 e. The van der Waals surface area contributed by atoms with Crippen molar-refractivity contribution in [2.75, 3.05) is 19.4 Å². The lowest BCUT2D eigenvalue weighted by molar-refractivity contribution is -0.137. The summed E-state index contributed by atoms with van der Waals surface area (Å²) in [5, 5.41) is 3.28. The Morgan fingerprint density at radius 2 is 1.86 bits per heavy atom. The van der Waals surface area contributed by atoms with Gasteiger partial charge in [-0.3, -0.25) is 9.48 Å². The van der Waals surface area contributed by atoms with Gasteiger partial charge in [-0.15, -0.1) is 0 Å². The molecule has 1 saturated heterocycles. The fourth-order valence-electron chi connectivity index (χ4n) is 4.18. The number of sulfonamides is 1. The highest BCUT2D eigenvalue weighted by molar-refractivity contribution is 7.88. The first-order valence-corrected chi connectivity index (χ1v) is 14.2. The van der Waals surface area contributed by atoms with Gasteiger partial charge in [0.15, 0.2) is 5.49 Å². The minimum absolute atomic E-state index is 0.0711. The standard InChI is InChI=1S/C25H33F3N4O4S/c1-24(2,3)21-14-22(31(30-21)11-9-16-5-6-16)29-23(33)19-13-17(25(26,27)28)7-8-20(19)36-15-18-10-12-32(18)37(4,34)35/h7-8,13-14,16,18,30H,5-6,9-12,15H2,1-4H3/t18-/m0/s1. The number of hydrogen-bond acceptors (Lipinski definition) is 4. The Kier molecular flexibility index (Phi) is 7.37. The second-order valence-electron chi connectivity index (χ2n) is 10.9. The quantitative estimate of drug-likeness (QED) is 0.544. The van der Waals surface area contributed by atoms with Gasteiger partial charge >= 0.3 is 6.18 Å². The Balaban J connectivity index is 1.66. The monoisotopic (exact) mass is 542 g/mol. The molecule has 1 N–H and O–H groups in total. The van der Waals surface area contributed by atoms with E-state index in [0.717, 1.165) is 36.6 Å². The molecule has 1 saturated carbocycles. The van der Waals surface area contributed by atoms with Crippen LogP contribution < -0.4 is 10.2 Å². The number of carbonyl (C=O) groups excluding carboxylic acids is 1. The molecule has 37 heavy (non-hydrogen) atoms. The summed E-state index contributed by atoms with van der Waals surface area (Å²) in [7, 11) is -3.42. The van der Waals surface area contributed by atoms with Crippen molar-refractivity contribution < 1.29 is 31.1 Å². The van der Waals surface area contributed by atoms with E-state index in [1.54, 1.807) is 10.7 Å². The number of halogens is 3. The third kappa shape index (κ3) is 6.64. The van der Waals surface area contributed by atoms with Crippen LogP contribution >= 0.6 is 0 Å². The minimum atomic E-state index is -4.66. The molecule has 1 aliphatic carbocycles. The number of amides is 1. The Hall–Kier alpha value is -2.60. The van der Waals surface area contributed by atoms with E-state index in [9.17, 15) is 26.4 Å². The fraction of sp³-hybridized carbons (Fsp3) is 0.600. The molecule has 1 atom stereocenters. The average Bonchev–Trinajstić information content (AvgIpc) is 3.48. The van der Waals surface area contributed by atoms with Crippen LogP contribution in [0.4, 0.5) is 13.2 Å². The number of ether oxygens (including phenoxy) is 1. The molecule has 4 rings (SSSR count). The molecular weight excluding hydrogens is 509 g/mol. The first-order valence-electron chi connectivity index (χ1n) is 12.3. The van der Waals surface area contributed by atoms with Gasteiger partial charge in [0.25, 0.3) is 5.91 Å². The fourth-order valence-corrected chi connectivity index (χ4v) is 5.32. The van der Waals surface area contributed by atoms with Crippen LogP contribution in [-0.2, 0) is 28.2 Å². The summed E-state index contributed by atoms with van der Waals surface area (Å²) in [6, 6.07) is 3.97. The third-order valence-electron chi connectivity index (χ3n) is 6.77. The maximum atomic E-state index is 13.5. The van der Waals surface area contributed by atoms with Gasteiger partial charge in [-0.1, -0.05) is 33.6 Å². The van der Waals surface area contributed by atoms with Crippen molar-refractivity contribution in [1.82, 2.24) is 14.1 Å². The molecular formula is C25H33F3N4O4S. The SMILES string of the molecule is CC(C)(C)c1cc(=NC(=O)c2cc(C(F)(F)F)ccc2OC[C@@H]2CCN2S(C)(=O)=O)n(CCC2CC2)[nH]1. The van der Waals surface area contributed by atoms with Crippen LogP contribution in [0.15, 0.2) is 29.3 Å². The van der Waals surface area contributed by atoms with Crippen LogP contribution in [-0.4, -0.2) is 53.9 Å². The van der Waals surface area contributed by atoms with Gasteiger partial charge in [0, 0.05) is 30.3 Å². The smallest absolute Gasteiger partial charge is 0.416 e. The van der Waals surface area contributed by atoms with E-state index in [0.29, 0.717) is 30.9 Å². The summed E-state index contributed by atoms with van der Waals surface area (Å²) in [6.45, 7) is 6.91. The van der Waals surface area contributed by atoms with Crippen LogP contribution in [0.3, 0.4) is 0 Å². The molecule has 12 heteroatoms. The average molecular weight is 543 g/mol. The van der Waals surface area contributed by atoms with Crippen molar-refractivity contribution in [3.05, 3.63) is 46.6 Å². The number of hydrogen-bond donors (Lipinski definition) is 1. The zero-order valence-electron chi connectivity index (χ0n) is 21.4. The molecule has 0 bridgehead atoms. The maximum absolute atomic E-state index is 13.5. The van der Waals surface area contributed by atoms with Crippen LogP contribution in [0.5, 0.6) is 5.75 Å². The molecule has 0 radical (unpaired) electrons. The molecule has 0 unspecified atom stereocenters. The van der Waals surface area contributed by atoms with Gasteiger partial charge < -0.3 is 9.84 Å². The maximum Gasteiger partial charge on any atom is 0.416 e. The molecule has 2 fully saturated rings. The second kappa shape index (κ2) is 9.94. The highest BCUT2D eigenvalue weighted by Crippen LogP contribution is 2.34. The molecule has 2 aromatic rings. The number of nitrogens with zero attached hydrogens (tertiary/aromatic N) is 3. The van der Waals surface area contributed by atoms with Crippen molar-refractivity contribution >= 4 is 15.9 Å². The van der Waals surface area contributed by atoms with Crippen LogP contribution in [0, 0.1) is 5.92 Å². The van der Waals surface area contributed by atoms with Gasteiger partial charge in [-0.05, 0) is 37.0 Å². The summed E-state index contributed by atoms with van der Waals surface area (Å²) in [6.07, 6.45) is 0.241. The molecule has 0 spiro atoms. The highest BCUT2D eigenvalue weighted by atomic mass is 32.2. The Morgan fingerprint density at radius 1 is 1.16 bits per heavy atom. The van der Waals surface area contributed by atoms with Gasteiger partial charge in [-0.2, -0.15) is 22.5 Å². The molecule has 1 aromatic heterocycles. The third-order valence-corrected chi connectivity index (χ3v) is 8.10. The number of benzene rings is 1. The van der Waals surface area contributed by atoms with E-state index in [1.807, 2.05) is 20.8 Å². The number of rotatable bonds is 8. The summed E-state index contributed by atoms with van der Waals surface area (Å²) in [5.74, 6) is -0.300. The molecule has 2 heterocycles. The van der Waals surface area contributed by atoms with E-state index in [4.69, 9.17) is 4.74 Å². The number of aromatic nitrogens is 2. The predicted octanol–water partition coefficient (Wildman–Crippen LogP) is 4.09. The van der Waals surface area contributed by atoms with Crippen molar-refractivity contribution in [2.24, 2.45) is 10.9 Å². The summed E-state index contributed by atoms with van der Waals surface area (Å²) >= 11 is 0. The number of aromatic amines is 1. The van der Waals surface area contributed by atoms with Crippen molar-refractivity contribution in [3.8, 4) is 5.75 Å². The molecule has 204 valence electrons. The van der Waals surface area contributed by atoms with Crippen molar-refractivity contribution in [1.29, 1.82) is 0 Å². The van der Waals surface area contributed by atoms with Crippen LogP contribution in [0.1, 0.15) is 68.1 Å². The Labute approximate surface area is 214 Å². The topological polar surface area (TPSA) is 96.8 Å². The Morgan fingerprint density at radius 3 is 2.41 bits per heavy atom. The number of nitrogens with one attached hydrogen (secondary N) is 1. The summed E-state index contributed by atoms with van der Waals surface area (Å²) in [4.78, 5) is 17.5. The zero-order chi connectivity index (χ0) is 27.2. The second-order valence-corrected chi connectivity index (χ2v) is 12.8. The molecule has 1 amide bonds. The molecule has 2 aliphatic rings. The lowest BCUT2D eigenvalue weighted by atomic mass is 9.93. The number of aryl methyl sites for hydroxylation is 1. The summed E-state index contributed by atoms with van der Waals surface area (Å²) in [5.41, 5.74) is -0.391. The first kappa shape index (κ1) is 27.4. The van der Waals surface area contributed by atoms with E-state index in [2.05, 4.69) is 10.1 Å². The lowest BCUT2D eigenvalue weighted by Gasteiger charge is -2.38. The highest BCUT2D eigenvalue weighted by Gasteiger charge is 2.36. The predicted molar refractivity (Wildman–Crippen MR) is 132 cm³/mol. The van der Waals surface area contributed by atoms with Gasteiger partial charge in [0.05, 0.1) is 23.4 Å². The van der Waals surface area contributed by atoms with E-state index in [1.165, 1.54) is 17.1 Å². The molecule has 1 aromatic carbocycles. The largest absolute Gasteiger partial charge is 0.491 e. The van der Waals surface area contributed by atoms with Crippen LogP contribution in [0.2, 0.25) is 0 Å². The van der Waals surface area contributed by atoms with E-state index >= 15 is 0 Å². The van der Waals surface area contributed by atoms with Gasteiger partial charge in [0.1, 0.15) is 12.4 Å². The van der Waals surface area contributed by atoms with Crippen molar-refractivity contribution in [3.63, 3.8) is 0 Å². The molecule has 8 nitrogen and oxygen atoms in total. The molecule has 1 aliphatic heterocycles. The Bertz CT molecular complexity index is 1330.